The highest BCUT2D eigenvalue weighted by Crippen LogP contribution is 2.15. The van der Waals surface area contributed by atoms with Crippen molar-refractivity contribution >= 4 is 47.8 Å². The number of aliphatic hydroxyl groups is 2. The van der Waals surface area contributed by atoms with Gasteiger partial charge in [0.15, 0.2) is 0 Å². The molecule has 0 saturated carbocycles. The van der Waals surface area contributed by atoms with Gasteiger partial charge in [-0.2, -0.15) is 0 Å². The number of benzene rings is 1. The predicted molar refractivity (Wildman–Crippen MR) is 197 cm³/mol. The maximum absolute atomic E-state index is 13.7. The standard InChI is InChI=1S/C34H55N9O14/c1-20(46)28(41-27(48)13-16-36-30(50)24(18-44)40-29(49)21-8-3-4-12-26(21)47)33(53)42(2)25(11-6-15-37-56)32(52)38-22(9-5-14-35)31(51)39-23(34(54)55)10-7-17-43(57)19-45/h3-4,8,12,19-20,22-25,28,37,44,46-47,56-57H,5-7,9-11,13-18,35H2,1-2H3,(H,36,50)(H,38,52)(H,39,51)(H,40,49)(H,41,48)(H,54,55)/t20-,22+,23+,24+,25+,28-/m1/s1. The number of aliphatic carboxylic acids is 1. The van der Waals surface area contributed by atoms with E-state index in [1.165, 1.54) is 38.2 Å². The first-order valence-electron chi connectivity index (χ1n) is 18.1. The molecule has 0 aromatic heterocycles. The smallest absolute Gasteiger partial charge is 0.326 e. The molecule has 320 valence electrons. The highest BCUT2D eigenvalue weighted by molar-refractivity contribution is 5.99. The van der Waals surface area contributed by atoms with Gasteiger partial charge in [0.2, 0.25) is 35.9 Å². The molecule has 0 heterocycles. The molecule has 0 unspecified atom stereocenters. The lowest BCUT2D eigenvalue weighted by molar-refractivity contribution is -0.150. The number of carbonyl (C=O) groups is 8. The summed E-state index contributed by atoms with van der Waals surface area (Å²) in [5.41, 5.74) is 7.39. The SMILES string of the molecule is C[C@@H](O)[C@@H](NC(=O)CCNC(=O)[C@H](CO)NC(=O)c1ccccc1O)C(=O)N(C)[C@@H](CCCNO)C(=O)N[C@@H](CCCN)C(=O)N[C@@H](CCCN(O)C=O)C(=O)O. The molecule has 57 heavy (non-hydrogen) atoms. The van der Waals surface area contributed by atoms with Crippen molar-refractivity contribution in [3.63, 3.8) is 0 Å². The molecular formula is C34H55N9O14. The van der Waals surface area contributed by atoms with Crippen LogP contribution in [-0.4, -0.2) is 165 Å². The minimum absolute atomic E-state index is 0.00157. The van der Waals surface area contributed by atoms with E-state index in [9.17, 15) is 64.0 Å². The van der Waals surface area contributed by atoms with E-state index in [2.05, 4.69) is 26.6 Å². The van der Waals surface area contributed by atoms with Crippen LogP contribution < -0.4 is 37.8 Å². The minimum Gasteiger partial charge on any atom is -0.507 e. The van der Waals surface area contributed by atoms with Crippen LogP contribution in [0.1, 0.15) is 62.2 Å². The lowest BCUT2D eigenvalue weighted by Crippen LogP contribution is -2.59. The Morgan fingerprint density at radius 1 is 0.860 bits per heavy atom. The summed E-state index contributed by atoms with van der Waals surface area (Å²) in [6.45, 7) is -0.0818. The third-order valence-corrected chi connectivity index (χ3v) is 8.50. The highest BCUT2D eigenvalue weighted by Gasteiger charge is 2.36. The van der Waals surface area contributed by atoms with E-state index in [0.29, 0.717) is 5.06 Å². The Kier molecular flexibility index (Phi) is 23.0. The normalized spacial score (nSPS) is 14.0. The third kappa shape index (κ3) is 17.5. The number of carboxylic acid groups (broad SMARTS) is 1. The van der Waals surface area contributed by atoms with Crippen molar-refractivity contribution in [2.24, 2.45) is 5.73 Å². The van der Waals surface area contributed by atoms with Crippen molar-refractivity contribution in [2.45, 2.75) is 88.2 Å². The number of carboxylic acids is 1. The van der Waals surface area contributed by atoms with Gasteiger partial charge in [0.1, 0.15) is 36.0 Å². The quantitative estimate of drug-likeness (QED) is 0.0165. The van der Waals surface area contributed by atoms with Crippen LogP contribution >= 0.6 is 0 Å². The first kappa shape index (κ1) is 49.6. The summed E-state index contributed by atoms with van der Waals surface area (Å²) in [4.78, 5) is 102. The predicted octanol–water partition coefficient (Wildman–Crippen LogP) is -4.14. The van der Waals surface area contributed by atoms with Gasteiger partial charge in [-0.05, 0) is 64.1 Å². The molecule has 0 aliphatic heterocycles. The van der Waals surface area contributed by atoms with Gasteiger partial charge in [-0.1, -0.05) is 12.1 Å². The van der Waals surface area contributed by atoms with Gasteiger partial charge >= 0.3 is 5.97 Å². The summed E-state index contributed by atoms with van der Waals surface area (Å²) in [5.74, 6) is -7.01. The first-order valence-corrected chi connectivity index (χ1v) is 18.1. The monoisotopic (exact) mass is 813 g/mol. The number of phenolic OH excluding ortho intramolecular Hbond substituents is 1. The Labute approximate surface area is 328 Å². The molecule has 6 atom stereocenters. The molecule has 0 bridgehead atoms. The fraction of sp³-hybridized carbons (Fsp3) is 0.588. The first-order chi connectivity index (χ1) is 27.0. The summed E-state index contributed by atoms with van der Waals surface area (Å²) < 4.78 is 0. The van der Waals surface area contributed by atoms with Gasteiger partial charge in [0, 0.05) is 33.1 Å². The van der Waals surface area contributed by atoms with Crippen LogP contribution in [-0.2, 0) is 33.6 Å². The van der Waals surface area contributed by atoms with Gasteiger partial charge in [-0.25, -0.2) is 15.3 Å². The molecule has 0 aliphatic carbocycles. The van der Waals surface area contributed by atoms with E-state index < -0.39 is 90.8 Å². The summed E-state index contributed by atoms with van der Waals surface area (Å²) >= 11 is 0. The number of hydrogen-bond acceptors (Lipinski definition) is 15. The van der Waals surface area contributed by atoms with Crippen LogP contribution in [0.4, 0.5) is 0 Å². The molecule has 0 aliphatic rings. The van der Waals surface area contributed by atoms with Crippen LogP contribution in [0, 0.1) is 0 Å². The number of rotatable bonds is 28. The van der Waals surface area contributed by atoms with Gasteiger partial charge in [-0.3, -0.25) is 38.8 Å². The molecule has 23 nitrogen and oxygen atoms in total. The number of para-hydroxylation sites is 1. The number of hydroxylamine groups is 3. The molecule has 7 amide bonds. The molecule has 1 aromatic rings. The van der Waals surface area contributed by atoms with E-state index >= 15 is 0 Å². The van der Waals surface area contributed by atoms with Crippen molar-refractivity contribution in [2.75, 3.05) is 39.8 Å². The maximum Gasteiger partial charge on any atom is 0.326 e. The summed E-state index contributed by atoms with van der Waals surface area (Å²) in [6.07, 6.45) is -1.81. The zero-order chi connectivity index (χ0) is 43.1. The van der Waals surface area contributed by atoms with E-state index in [4.69, 9.17) is 10.9 Å². The molecule has 14 N–H and O–H groups in total. The Bertz CT molecular complexity index is 1500. The molecule has 0 radical (unpaired) electrons. The lowest BCUT2D eigenvalue weighted by atomic mass is 10.0. The van der Waals surface area contributed by atoms with Crippen molar-refractivity contribution in [1.29, 1.82) is 0 Å². The van der Waals surface area contributed by atoms with Crippen molar-refractivity contribution < 1.29 is 69.2 Å². The largest absolute Gasteiger partial charge is 0.507 e. The lowest BCUT2D eigenvalue weighted by Gasteiger charge is -2.33. The summed E-state index contributed by atoms with van der Waals surface area (Å²) in [7, 11) is 1.21. The van der Waals surface area contributed by atoms with E-state index in [0.717, 1.165) is 4.90 Å². The zero-order valence-electron chi connectivity index (χ0n) is 31.8. The number of nitrogens with two attached hydrogens (primary N) is 1. The van der Waals surface area contributed by atoms with Crippen LogP contribution in [0.2, 0.25) is 0 Å². The molecule has 0 saturated heterocycles. The second-order valence-electron chi connectivity index (χ2n) is 12.9. The highest BCUT2D eigenvalue weighted by atomic mass is 16.5. The number of nitrogens with zero attached hydrogens (tertiary/aromatic N) is 2. The Morgan fingerprint density at radius 2 is 1.51 bits per heavy atom. The zero-order valence-corrected chi connectivity index (χ0v) is 31.8. The average Bonchev–Trinajstić information content (AvgIpc) is 3.17. The molecule has 0 spiro atoms. The fourth-order valence-corrected chi connectivity index (χ4v) is 5.30. The van der Waals surface area contributed by atoms with Crippen LogP contribution in [0.15, 0.2) is 24.3 Å². The number of aromatic hydroxyl groups is 1. The van der Waals surface area contributed by atoms with Gasteiger partial charge in [0.25, 0.3) is 5.91 Å². The van der Waals surface area contributed by atoms with Crippen LogP contribution in [0.5, 0.6) is 5.75 Å². The van der Waals surface area contributed by atoms with E-state index in [1.807, 2.05) is 5.48 Å². The Morgan fingerprint density at radius 3 is 2.09 bits per heavy atom. The van der Waals surface area contributed by atoms with E-state index in [1.54, 1.807) is 0 Å². The molecular weight excluding hydrogens is 758 g/mol. The number of phenols is 1. The van der Waals surface area contributed by atoms with Gasteiger partial charge in [0.05, 0.1) is 18.3 Å². The molecule has 0 fully saturated rings. The van der Waals surface area contributed by atoms with E-state index in [-0.39, 0.29) is 82.4 Å². The number of amides is 7. The average molecular weight is 814 g/mol. The molecule has 1 aromatic carbocycles. The number of nitrogens with one attached hydrogen (secondary N) is 6. The van der Waals surface area contributed by atoms with Gasteiger partial charge < -0.3 is 62.9 Å². The number of hydrogen-bond donors (Lipinski definition) is 13. The fourth-order valence-electron chi connectivity index (χ4n) is 5.30. The topological polar surface area (TPSA) is 363 Å². The van der Waals surface area contributed by atoms with Crippen molar-refractivity contribution in [3.8, 4) is 5.75 Å². The Balaban J connectivity index is 3.03. The van der Waals surface area contributed by atoms with Crippen molar-refractivity contribution in [3.05, 3.63) is 29.8 Å². The molecule has 1 rings (SSSR count). The third-order valence-electron chi connectivity index (χ3n) is 8.50. The number of aliphatic hydroxyl groups excluding tert-OH is 2. The van der Waals surface area contributed by atoms with Crippen molar-refractivity contribution in [1.82, 2.24) is 42.0 Å². The molecule has 23 heteroatoms. The van der Waals surface area contributed by atoms with Crippen LogP contribution in [0.3, 0.4) is 0 Å². The Hall–Kier alpha value is -5.46. The second kappa shape index (κ2) is 26.4. The summed E-state index contributed by atoms with van der Waals surface area (Å²) in [5, 5.41) is 70.1. The summed E-state index contributed by atoms with van der Waals surface area (Å²) in [6, 6.07) is -1.69. The van der Waals surface area contributed by atoms with Gasteiger partial charge in [-0.15, -0.1) is 0 Å². The number of carbonyl (C=O) groups excluding carboxylic acids is 7. The maximum atomic E-state index is 13.7. The number of likely N-dealkylation sites (N-methyl/N-ethyl adjacent to an activating group) is 1. The second-order valence-corrected chi connectivity index (χ2v) is 12.9. The van der Waals surface area contributed by atoms with Crippen LogP contribution in [0.25, 0.3) is 0 Å². The minimum atomic E-state index is -1.62.